The summed E-state index contributed by atoms with van der Waals surface area (Å²) in [4.78, 5) is 11.6. The first kappa shape index (κ1) is 12.1. The maximum Gasteiger partial charge on any atom is 0.226 e. The Kier molecular flexibility index (Phi) is 4.21. The molecule has 4 heteroatoms. The molecule has 0 aliphatic heterocycles. The van der Waals surface area contributed by atoms with Gasteiger partial charge in [0, 0.05) is 31.4 Å². The molecule has 0 aromatic carbocycles. The Morgan fingerprint density at radius 2 is 2.00 bits per heavy atom. The summed E-state index contributed by atoms with van der Waals surface area (Å²) in [5.74, 6) is 0.340. The molecule has 84 valence electrons. The summed E-state index contributed by atoms with van der Waals surface area (Å²) >= 11 is 5.70. The smallest absolute Gasteiger partial charge is 0.226 e. The molecule has 0 aliphatic carbocycles. The van der Waals surface area contributed by atoms with Crippen molar-refractivity contribution in [3.05, 3.63) is 24.5 Å². The average Bonchev–Trinajstić information content (AvgIpc) is 2.70. The van der Waals surface area contributed by atoms with Gasteiger partial charge in [-0.05, 0) is 26.0 Å². The lowest BCUT2D eigenvalue weighted by atomic mass is 9.95. The Morgan fingerprint density at radius 1 is 1.40 bits per heavy atom. The predicted octanol–water partition coefficient (Wildman–Crippen LogP) is 1.87. The highest BCUT2D eigenvalue weighted by atomic mass is 35.5. The summed E-state index contributed by atoms with van der Waals surface area (Å²) in [5, 5.41) is 2.87. The van der Waals surface area contributed by atoms with Gasteiger partial charge in [0.1, 0.15) is 0 Å². The molecule has 0 spiro atoms. The number of carbonyl (C=O) groups excluding carboxylic acids is 1. The lowest BCUT2D eigenvalue weighted by Gasteiger charge is -2.20. The van der Waals surface area contributed by atoms with Gasteiger partial charge in [-0.3, -0.25) is 4.79 Å². The molecular formula is C11H17ClN2O. The second kappa shape index (κ2) is 5.21. The average molecular weight is 229 g/mol. The van der Waals surface area contributed by atoms with Gasteiger partial charge in [0.15, 0.2) is 0 Å². The minimum Gasteiger partial charge on any atom is -0.354 e. The summed E-state index contributed by atoms with van der Waals surface area (Å²) in [5.41, 5.74) is -0.488. The summed E-state index contributed by atoms with van der Waals surface area (Å²) in [7, 11) is 0. The number of nitrogens with zero attached hydrogens (tertiary/aromatic N) is 1. The fourth-order valence-electron chi connectivity index (χ4n) is 1.12. The highest BCUT2D eigenvalue weighted by molar-refractivity contribution is 6.19. The number of amides is 1. The summed E-state index contributed by atoms with van der Waals surface area (Å²) < 4.78 is 2.02. The van der Waals surface area contributed by atoms with Crippen molar-refractivity contribution in [1.82, 2.24) is 9.88 Å². The van der Waals surface area contributed by atoms with E-state index in [4.69, 9.17) is 11.6 Å². The number of rotatable bonds is 5. The highest BCUT2D eigenvalue weighted by Gasteiger charge is 2.25. The molecule has 0 aliphatic rings. The van der Waals surface area contributed by atoms with Gasteiger partial charge in [0.05, 0.1) is 5.41 Å². The fourth-order valence-corrected chi connectivity index (χ4v) is 1.24. The van der Waals surface area contributed by atoms with Crippen LogP contribution in [0.3, 0.4) is 0 Å². The lowest BCUT2D eigenvalue weighted by Crippen LogP contribution is -2.39. The molecule has 1 heterocycles. The minimum absolute atomic E-state index is 0.00431. The van der Waals surface area contributed by atoms with Crippen LogP contribution in [-0.2, 0) is 11.3 Å². The van der Waals surface area contributed by atoms with Crippen molar-refractivity contribution in [3.63, 3.8) is 0 Å². The normalized spacial score (nSPS) is 11.4. The Balaban J connectivity index is 2.29. The summed E-state index contributed by atoms with van der Waals surface area (Å²) in [6.45, 7) is 5.10. The number of hydrogen-bond acceptors (Lipinski definition) is 1. The highest BCUT2D eigenvalue weighted by Crippen LogP contribution is 2.16. The van der Waals surface area contributed by atoms with Crippen LogP contribution in [0.2, 0.25) is 0 Å². The van der Waals surface area contributed by atoms with E-state index in [1.54, 1.807) is 0 Å². The van der Waals surface area contributed by atoms with Gasteiger partial charge in [-0.1, -0.05) is 0 Å². The molecule has 0 unspecified atom stereocenters. The predicted molar refractivity (Wildman–Crippen MR) is 61.9 cm³/mol. The van der Waals surface area contributed by atoms with Crippen molar-refractivity contribution in [3.8, 4) is 0 Å². The van der Waals surface area contributed by atoms with E-state index < -0.39 is 5.41 Å². The van der Waals surface area contributed by atoms with Crippen LogP contribution in [0.4, 0.5) is 0 Å². The second-order valence-corrected chi connectivity index (χ2v) is 4.46. The molecule has 1 aromatic heterocycles. The van der Waals surface area contributed by atoms with Crippen molar-refractivity contribution < 1.29 is 4.79 Å². The standard InChI is InChI=1S/C11H17ClN2O/c1-11(2,9-12)10(15)13-5-8-14-6-3-4-7-14/h3-4,6-7H,5,8-9H2,1-2H3,(H,13,15). The lowest BCUT2D eigenvalue weighted by molar-refractivity contribution is -0.128. The zero-order valence-corrected chi connectivity index (χ0v) is 9.92. The number of carbonyl (C=O) groups is 1. The van der Waals surface area contributed by atoms with E-state index in [-0.39, 0.29) is 5.91 Å². The van der Waals surface area contributed by atoms with E-state index >= 15 is 0 Å². The van der Waals surface area contributed by atoms with Crippen LogP contribution in [0, 0.1) is 5.41 Å². The van der Waals surface area contributed by atoms with Crippen LogP contribution < -0.4 is 5.32 Å². The van der Waals surface area contributed by atoms with Gasteiger partial charge in [0.25, 0.3) is 0 Å². The number of halogens is 1. The molecule has 1 aromatic rings. The van der Waals surface area contributed by atoms with Gasteiger partial charge in [-0.15, -0.1) is 11.6 Å². The zero-order valence-electron chi connectivity index (χ0n) is 9.16. The molecular weight excluding hydrogens is 212 g/mol. The molecule has 0 bridgehead atoms. The largest absolute Gasteiger partial charge is 0.354 e. The third-order valence-corrected chi connectivity index (χ3v) is 2.94. The minimum atomic E-state index is -0.488. The number of hydrogen-bond donors (Lipinski definition) is 1. The van der Waals surface area contributed by atoms with Gasteiger partial charge in [-0.2, -0.15) is 0 Å². The first-order valence-electron chi connectivity index (χ1n) is 5.01. The number of aromatic nitrogens is 1. The van der Waals surface area contributed by atoms with Gasteiger partial charge < -0.3 is 9.88 Å². The molecule has 0 atom stereocenters. The molecule has 3 nitrogen and oxygen atoms in total. The van der Waals surface area contributed by atoms with E-state index in [0.29, 0.717) is 12.4 Å². The van der Waals surface area contributed by atoms with Crippen molar-refractivity contribution in [2.75, 3.05) is 12.4 Å². The second-order valence-electron chi connectivity index (χ2n) is 4.19. The third kappa shape index (κ3) is 3.59. The molecule has 1 rings (SSSR count). The van der Waals surface area contributed by atoms with Gasteiger partial charge in [0.2, 0.25) is 5.91 Å². The molecule has 1 N–H and O–H groups in total. The van der Waals surface area contributed by atoms with Crippen molar-refractivity contribution in [1.29, 1.82) is 0 Å². The topological polar surface area (TPSA) is 34.0 Å². The van der Waals surface area contributed by atoms with Crippen LogP contribution in [0.1, 0.15) is 13.8 Å². The molecule has 15 heavy (non-hydrogen) atoms. The van der Waals surface area contributed by atoms with Crippen molar-refractivity contribution in [2.24, 2.45) is 5.41 Å². The monoisotopic (exact) mass is 228 g/mol. The Bertz CT molecular complexity index is 306. The van der Waals surface area contributed by atoms with E-state index in [9.17, 15) is 4.79 Å². The Labute approximate surface area is 95.4 Å². The third-order valence-electron chi connectivity index (χ3n) is 2.27. The maximum atomic E-state index is 11.6. The molecule has 1 amide bonds. The van der Waals surface area contributed by atoms with E-state index in [0.717, 1.165) is 6.54 Å². The molecule has 0 saturated carbocycles. The number of alkyl halides is 1. The van der Waals surface area contributed by atoms with E-state index in [1.807, 2.05) is 42.9 Å². The summed E-state index contributed by atoms with van der Waals surface area (Å²) in [6.07, 6.45) is 3.94. The quantitative estimate of drug-likeness (QED) is 0.768. The maximum absolute atomic E-state index is 11.6. The van der Waals surface area contributed by atoms with Crippen LogP contribution in [-0.4, -0.2) is 22.9 Å². The first-order valence-corrected chi connectivity index (χ1v) is 5.55. The van der Waals surface area contributed by atoms with E-state index in [2.05, 4.69) is 5.32 Å². The van der Waals surface area contributed by atoms with Crippen molar-refractivity contribution in [2.45, 2.75) is 20.4 Å². The van der Waals surface area contributed by atoms with Crippen LogP contribution >= 0.6 is 11.6 Å². The fraction of sp³-hybridized carbons (Fsp3) is 0.545. The zero-order chi connectivity index (χ0) is 11.3. The molecule has 0 fully saturated rings. The van der Waals surface area contributed by atoms with Crippen LogP contribution in [0.5, 0.6) is 0 Å². The van der Waals surface area contributed by atoms with Crippen LogP contribution in [0.15, 0.2) is 24.5 Å². The Hall–Kier alpha value is -0.960. The SMILES string of the molecule is CC(C)(CCl)C(=O)NCCn1cccc1. The number of nitrogens with one attached hydrogen (secondary N) is 1. The first-order chi connectivity index (χ1) is 7.06. The molecule has 0 saturated heterocycles. The Morgan fingerprint density at radius 3 is 2.53 bits per heavy atom. The van der Waals surface area contributed by atoms with Gasteiger partial charge >= 0.3 is 0 Å². The van der Waals surface area contributed by atoms with Crippen LogP contribution in [0.25, 0.3) is 0 Å². The van der Waals surface area contributed by atoms with Crippen molar-refractivity contribution >= 4 is 17.5 Å². The van der Waals surface area contributed by atoms with Gasteiger partial charge in [-0.25, -0.2) is 0 Å². The van der Waals surface area contributed by atoms with E-state index in [1.165, 1.54) is 0 Å². The summed E-state index contributed by atoms with van der Waals surface area (Å²) in [6, 6.07) is 3.93. The molecule has 0 radical (unpaired) electrons.